The van der Waals surface area contributed by atoms with E-state index in [-0.39, 0.29) is 28.6 Å². The van der Waals surface area contributed by atoms with E-state index in [0.29, 0.717) is 12.2 Å². The monoisotopic (exact) mass is 440 g/mol. The highest BCUT2D eigenvalue weighted by Gasteiger charge is 2.26. The number of anilines is 1. The van der Waals surface area contributed by atoms with E-state index in [9.17, 15) is 14.9 Å². The zero-order valence-corrected chi connectivity index (χ0v) is 16.9. The van der Waals surface area contributed by atoms with Crippen molar-refractivity contribution in [1.29, 1.82) is 0 Å². The van der Waals surface area contributed by atoms with Crippen LogP contribution in [0, 0.1) is 10.1 Å². The normalized spacial score (nSPS) is 14.6. The maximum Gasteiger partial charge on any atom is 0.293 e. The first-order valence-electron chi connectivity index (χ1n) is 9.86. The van der Waals surface area contributed by atoms with Crippen LogP contribution in [0.3, 0.4) is 0 Å². The van der Waals surface area contributed by atoms with Crippen molar-refractivity contribution in [1.82, 2.24) is 35.6 Å². The summed E-state index contributed by atoms with van der Waals surface area (Å²) in [5.74, 6) is -0.490. The third-order valence-electron chi connectivity index (χ3n) is 5.00. The lowest BCUT2D eigenvalue weighted by atomic mass is 10.1. The van der Waals surface area contributed by atoms with Gasteiger partial charge in [0.25, 0.3) is 11.6 Å². The van der Waals surface area contributed by atoms with Gasteiger partial charge in [0.05, 0.1) is 22.4 Å². The van der Waals surface area contributed by atoms with Crippen molar-refractivity contribution in [2.45, 2.75) is 25.8 Å². The summed E-state index contributed by atoms with van der Waals surface area (Å²) in [5, 5.41) is 30.2. The molecule has 14 nitrogen and oxygen atoms in total. The zero-order valence-electron chi connectivity index (χ0n) is 16.9. The van der Waals surface area contributed by atoms with Crippen molar-refractivity contribution in [2.24, 2.45) is 5.10 Å². The summed E-state index contributed by atoms with van der Waals surface area (Å²) in [6.07, 6.45) is 4.46. The molecule has 14 heteroatoms. The molecule has 1 aliphatic rings. The number of amides is 1. The van der Waals surface area contributed by atoms with Gasteiger partial charge in [0.15, 0.2) is 5.69 Å². The Morgan fingerprint density at radius 3 is 2.78 bits per heavy atom. The Hall–Kier alpha value is -4.20. The van der Waals surface area contributed by atoms with E-state index < -0.39 is 10.8 Å². The van der Waals surface area contributed by atoms with Crippen LogP contribution < -0.4 is 11.2 Å². The van der Waals surface area contributed by atoms with Crippen LogP contribution in [0.25, 0.3) is 5.82 Å². The number of nitrogens with zero attached hydrogens (tertiary/aromatic N) is 8. The Kier molecular flexibility index (Phi) is 6.12. The number of hydrogen-bond acceptors (Lipinski definition) is 11. The lowest BCUT2D eigenvalue weighted by Gasteiger charge is -2.26. The molecule has 1 amide bonds. The highest BCUT2D eigenvalue weighted by molar-refractivity contribution is 5.94. The molecule has 32 heavy (non-hydrogen) atoms. The number of para-hydroxylation sites is 1. The number of nitrogen functional groups attached to an aromatic ring is 1. The summed E-state index contributed by atoms with van der Waals surface area (Å²) < 4.78 is 5.97. The number of aromatic nitrogens is 5. The van der Waals surface area contributed by atoms with E-state index >= 15 is 0 Å². The average molecular weight is 440 g/mol. The van der Waals surface area contributed by atoms with Crippen LogP contribution in [0.4, 0.5) is 11.5 Å². The van der Waals surface area contributed by atoms with Gasteiger partial charge in [-0.05, 0) is 42.3 Å². The first kappa shape index (κ1) is 21.0. The van der Waals surface area contributed by atoms with Crippen molar-refractivity contribution in [2.75, 3.05) is 18.8 Å². The van der Waals surface area contributed by atoms with Gasteiger partial charge in [0.2, 0.25) is 11.6 Å². The van der Waals surface area contributed by atoms with E-state index in [1.807, 2.05) is 0 Å². The lowest BCUT2D eigenvalue weighted by molar-refractivity contribution is -0.385. The third kappa shape index (κ3) is 4.44. The van der Waals surface area contributed by atoms with Crippen molar-refractivity contribution >= 4 is 23.6 Å². The number of hydrogen-bond donors (Lipinski definition) is 2. The molecule has 0 saturated carbocycles. The third-order valence-corrected chi connectivity index (χ3v) is 5.00. The molecule has 1 aliphatic heterocycles. The molecule has 2 aromatic heterocycles. The molecule has 3 aromatic rings. The molecule has 3 heterocycles. The minimum Gasteiger partial charge on any atom is -0.378 e. The number of piperidine rings is 1. The Labute approximate surface area is 181 Å². The fourth-order valence-corrected chi connectivity index (χ4v) is 3.43. The second-order valence-corrected chi connectivity index (χ2v) is 7.12. The van der Waals surface area contributed by atoms with Gasteiger partial charge in [-0.1, -0.05) is 23.8 Å². The predicted molar refractivity (Wildman–Crippen MR) is 111 cm³/mol. The van der Waals surface area contributed by atoms with Crippen LogP contribution >= 0.6 is 0 Å². The molecule has 1 saturated heterocycles. The number of rotatable bonds is 7. The molecule has 166 valence electrons. The number of benzene rings is 1. The molecule has 4 rings (SSSR count). The zero-order chi connectivity index (χ0) is 22.5. The lowest BCUT2D eigenvalue weighted by Crippen LogP contribution is -2.31. The number of carbonyl (C=O) groups excluding carboxylic acids is 1. The summed E-state index contributed by atoms with van der Waals surface area (Å²) in [5.41, 5.74) is 8.74. The van der Waals surface area contributed by atoms with Crippen molar-refractivity contribution in [3.63, 3.8) is 0 Å². The van der Waals surface area contributed by atoms with E-state index in [1.54, 1.807) is 12.1 Å². The van der Waals surface area contributed by atoms with E-state index in [1.165, 1.54) is 23.0 Å². The minimum atomic E-state index is -0.631. The SMILES string of the molecule is Nc1nonc1-n1nnc(C(=O)N/N=C\c2ccccc2[N+](=O)[O-])c1CN1CCCCC1. The fourth-order valence-electron chi connectivity index (χ4n) is 3.43. The van der Waals surface area contributed by atoms with Gasteiger partial charge in [-0.25, -0.2) is 10.1 Å². The van der Waals surface area contributed by atoms with E-state index in [2.05, 4.69) is 40.7 Å². The smallest absolute Gasteiger partial charge is 0.293 e. The second kappa shape index (κ2) is 9.30. The average Bonchev–Trinajstić information content (AvgIpc) is 3.40. The van der Waals surface area contributed by atoms with Gasteiger partial charge < -0.3 is 5.73 Å². The number of likely N-dealkylation sites (tertiary alicyclic amines) is 1. The first-order chi connectivity index (χ1) is 15.5. The van der Waals surface area contributed by atoms with Crippen molar-refractivity contribution in [3.8, 4) is 5.82 Å². The van der Waals surface area contributed by atoms with Crippen LogP contribution in [0.2, 0.25) is 0 Å². The van der Waals surface area contributed by atoms with Crippen LogP contribution in [0.5, 0.6) is 0 Å². The highest BCUT2D eigenvalue weighted by Crippen LogP contribution is 2.20. The van der Waals surface area contributed by atoms with Crippen molar-refractivity contribution < 1.29 is 14.3 Å². The number of nitro groups is 1. The molecule has 0 radical (unpaired) electrons. The first-order valence-corrected chi connectivity index (χ1v) is 9.86. The van der Waals surface area contributed by atoms with Crippen LogP contribution in [-0.2, 0) is 6.54 Å². The van der Waals surface area contributed by atoms with Crippen molar-refractivity contribution in [3.05, 3.63) is 51.3 Å². The maximum atomic E-state index is 12.8. The van der Waals surface area contributed by atoms with Gasteiger partial charge in [0.1, 0.15) is 0 Å². The molecule has 0 atom stereocenters. The van der Waals surface area contributed by atoms with Crippen LogP contribution in [-0.4, -0.2) is 60.3 Å². The second-order valence-electron chi connectivity index (χ2n) is 7.12. The summed E-state index contributed by atoms with van der Waals surface area (Å²) in [7, 11) is 0. The predicted octanol–water partition coefficient (Wildman–Crippen LogP) is 0.891. The van der Waals surface area contributed by atoms with Crippen LogP contribution in [0.15, 0.2) is 34.0 Å². The maximum absolute atomic E-state index is 12.8. The molecule has 0 bridgehead atoms. The Bertz CT molecular complexity index is 1150. The quantitative estimate of drug-likeness (QED) is 0.304. The van der Waals surface area contributed by atoms with Gasteiger partial charge in [-0.15, -0.1) is 5.10 Å². The van der Waals surface area contributed by atoms with E-state index in [4.69, 9.17) is 5.73 Å². The van der Waals surface area contributed by atoms with Crippen LogP contribution in [0.1, 0.15) is 41.0 Å². The van der Waals surface area contributed by atoms with Gasteiger partial charge >= 0.3 is 0 Å². The largest absolute Gasteiger partial charge is 0.378 e. The summed E-state index contributed by atoms with van der Waals surface area (Å²) in [6.45, 7) is 2.12. The fraction of sp³-hybridized carbons (Fsp3) is 0.333. The Morgan fingerprint density at radius 2 is 2.06 bits per heavy atom. The standard InChI is InChI=1S/C18H20N10O4/c19-16-17(24-32-23-16)27-14(11-26-8-4-1-5-9-26)15(21-25-27)18(29)22-20-10-12-6-2-3-7-13(12)28(30)31/h2-3,6-7,10H,1,4-5,8-9,11H2,(H2,19,23)(H,22,29)/b20-10-. The molecule has 1 aromatic carbocycles. The summed E-state index contributed by atoms with van der Waals surface area (Å²) in [4.78, 5) is 25.6. The molecule has 0 unspecified atom stereocenters. The molecular formula is C18H20N10O4. The number of nitrogens with one attached hydrogen (secondary N) is 1. The summed E-state index contributed by atoms with van der Waals surface area (Å²) >= 11 is 0. The Morgan fingerprint density at radius 1 is 1.28 bits per heavy atom. The molecule has 1 fully saturated rings. The number of carbonyl (C=O) groups is 1. The number of nitrogens with two attached hydrogens (primary N) is 1. The number of nitro benzene ring substituents is 1. The number of hydrazone groups is 1. The minimum absolute atomic E-state index is 0.0103. The topological polar surface area (TPSA) is 183 Å². The summed E-state index contributed by atoms with van der Waals surface area (Å²) in [6, 6.07) is 6.05. The highest BCUT2D eigenvalue weighted by atomic mass is 16.6. The van der Waals surface area contributed by atoms with E-state index in [0.717, 1.165) is 32.4 Å². The van der Waals surface area contributed by atoms with Gasteiger partial charge in [-0.3, -0.25) is 19.8 Å². The van der Waals surface area contributed by atoms with Gasteiger partial charge in [-0.2, -0.15) is 9.78 Å². The molecule has 0 spiro atoms. The Balaban J connectivity index is 1.58. The molecule has 0 aliphatic carbocycles. The van der Waals surface area contributed by atoms with Gasteiger partial charge in [0, 0.05) is 12.6 Å². The molecular weight excluding hydrogens is 420 g/mol. The molecule has 3 N–H and O–H groups in total.